The van der Waals surface area contributed by atoms with Gasteiger partial charge in [0.1, 0.15) is 29.6 Å². The second-order valence-electron chi connectivity index (χ2n) is 6.94. The summed E-state index contributed by atoms with van der Waals surface area (Å²) >= 11 is 0. The molecule has 0 unspecified atom stereocenters. The van der Waals surface area contributed by atoms with Crippen LogP contribution in [-0.2, 0) is 0 Å². The first kappa shape index (κ1) is 25.1. The lowest BCUT2D eigenvalue weighted by Gasteiger charge is -2.17. The summed E-state index contributed by atoms with van der Waals surface area (Å²) in [5.41, 5.74) is -10.3. The van der Waals surface area contributed by atoms with E-state index < -0.39 is 97.9 Å². The van der Waals surface area contributed by atoms with Gasteiger partial charge in [0.2, 0.25) is 35.7 Å². The maximum atomic E-state index is 14.7. The minimum absolute atomic E-state index is 0.0156. The molecule has 4 aromatic heterocycles. The van der Waals surface area contributed by atoms with Crippen LogP contribution in [0.5, 0.6) is 0 Å². The van der Waals surface area contributed by atoms with Crippen molar-refractivity contribution in [1.29, 1.82) is 10.5 Å². The van der Waals surface area contributed by atoms with Crippen LogP contribution in [0.4, 0.5) is 39.5 Å². The normalized spacial score (nSPS) is 10.8. The Morgan fingerprint density at radius 1 is 0.459 bits per heavy atom. The Labute approximate surface area is 198 Å². The Morgan fingerprint density at radius 3 is 1.08 bits per heavy atom. The molecule has 15 heteroatoms. The van der Waals surface area contributed by atoms with Crippen LogP contribution in [0.2, 0.25) is 0 Å². The van der Waals surface area contributed by atoms with Gasteiger partial charge in [-0.1, -0.05) is 0 Å². The van der Waals surface area contributed by atoms with Gasteiger partial charge in [0.15, 0.2) is 0 Å². The summed E-state index contributed by atoms with van der Waals surface area (Å²) in [7, 11) is 0. The molecule has 0 radical (unpaired) electrons. The van der Waals surface area contributed by atoms with Gasteiger partial charge in [0.25, 0.3) is 0 Å². The summed E-state index contributed by atoms with van der Waals surface area (Å²) in [6.07, 6.45) is 0. The van der Waals surface area contributed by atoms with Gasteiger partial charge >= 0.3 is 0 Å². The zero-order chi connectivity index (χ0) is 27.2. The van der Waals surface area contributed by atoms with Gasteiger partial charge in [0, 0.05) is 23.8 Å². The summed E-state index contributed by atoms with van der Waals surface area (Å²) in [5, 5.41) is 19.5. The molecular weight excluding hydrogens is 519 g/mol. The minimum atomic E-state index is -1.98. The van der Waals surface area contributed by atoms with Gasteiger partial charge in [-0.15, -0.1) is 0 Å². The van der Waals surface area contributed by atoms with Gasteiger partial charge in [-0.3, -0.25) is 0 Å². The second kappa shape index (κ2) is 9.19. The van der Waals surface area contributed by atoms with E-state index in [-0.39, 0.29) is 18.2 Å². The number of rotatable bonds is 3. The molecule has 0 aliphatic heterocycles. The van der Waals surface area contributed by atoms with Crippen molar-refractivity contribution in [2.75, 3.05) is 0 Å². The number of hydrogen-bond donors (Lipinski definition) is 0. The second-order valence-corrected chi connectivity index (χ2v) is 6.94. The molecule has 4 aromatic rings. The Balaban J connectivity index is 2.31. The van der Waals surface area contributed by atoms with Crippen molar-refractivity contribution in [1.82, 2.24) is 19.9 Å². The van der Waals surface area contributed by atoms with Crippen LogP contribution >= 0.6 is 0 Å². The molecule has 4 rings (SSSR count). The highest BCUT2D eigenvalue weighted by Crippen LogP contribution is 2.42. The Kier molecular flexibility index (Phi) is 6.23. The zero-order valence-electron chi connectivity index (χ0n) is 17.3. The van der Waals surface area contributed by atoms with E-state index in [0.717, 1.165) is 0 Å². The number of nitriles is 2. The molecule has 0 bridgehead atoms. The van der Waals surface area contributed by atoms with E-state index >= 15 is 0 Å². The molecule has 0 saturated heterocycles. The molecule has 37 heavy (non-hydrogen) atoms. The molecule has 0 spiro atoms. The molecule has 0 aliphatic carbocycles. The fourth-order valence-electron chi connectivity index (χ4n) is 3.43. The molecule has 0 fully saturated rings. The van der Waals surface area contributed by atoms with Crippen molar-refractivity contribution in [2.45, 2.75) is 0 Å². The van der Waals surface area contributed by atoms with Crippen LogP contribution in [-0.4, -0.2) is 19.9 Å². The lowest BCUT2D eigenvalue weighted by atomic mass is 9.90. The maximum Gasteiger partial charge on any atom is 0.228 e. The SMILES string of the molecule is N#Cc1c(-c2c(F)cc(F)nc2F)nc(-c2c(F)cc(F)nc2F)c(C#N)c1-c1c(F)cc(F)nc1F. The van der Waals surface area contributed by atoms with Crippen LogP contribution < -0.4 is 0 Å². The lowest BCUT2D eigenvalue weighted by Crippen LogP contribution is -2.10. The Bertz CT molecular complexity index is 1550. The van der Waals surface area contributed by atoms with E-state index in [9.17, 15) is 50.0 Å². The predicted molar refractivity (Wildman–Crippen MR) is 103 cm³/mol. The molecule has 0 aliphatic rings. The van der Waals surface area contributed by atoms with Crippen molar-refractivity contribution in [2.24, 2.45) is 0 Å². The first-order valence-corrected chi connectivity index (χ1v) is 9.42. The molecule has 4 heterocycles. The molecule has 6 nitrogen and oxygen atoms in total. The van der Waals surface area contributed by atoms with E-state index in [2.05, 4.69) is 19.9 Å². The van der Waals surface area contributed by atoms with Gasteiger partial charge in [-0.2, -0.15) is 51.8 Å². The van der Waals surface area contributed by atoms with Gasteiger partial charge < -0.3 is 0 Å². The standard InChI is InChI=1S/C22H3F9N6/c23-8-1-11(26)34-20(29)15(8)14-6(4-32)18(16-9(24)2-12(27)35-21(16)30)37-19(7(14)5-33)17-10(25)3-13(28)36-22(17)31/h1-3H. The van der Waals surface area contributed by atoms with Gasteiger partial charge in [0.05, 0.1) is 39.2 Å². The molecule has 0 amide bonds. The number of hydrogen-bond acceptors (Lipinski definition) is 6. The van der Waals surface area contributed by atoms with Crippen molar-refractivity contribution < 1.29 is 39.5 Å². The third kappa shape index (κ3) is 4.16. The topological polar surface area (TPSA) is 99.1 Å². The van der Waals surface area contributed by atoms with Gasteiger partial charge in [-0.25, -0.2) is 18.2 Å². The molecular formula is C22H3F9N6. The lowest BCUT2D eigenvalue weighted by molar-refractivity contribution is 0.491. The Hall–Kier alpha value is -5.05. The highest BCUT2D eigenvalue weighted by atomic mass is 19.2. The molecule has 0 atom stereocenters. The Morgan fingerprint density at radius 2 is 0.784 bits per heavy atom. The summed E-state index contributed by atoms with van der Waals surface area (Å²) in [5.74, 6) is -16.3. The first-order chi connectivity index (χ1) is 17.5. The van der Waals surface area contributed by atoms with Crippen LogP contribution in [0.15, 0.2) is 18.2 Å². The average Bonchev–Trinajstić information content (AvgIpc) is 2.77. The number of halogens is 9. The monoisotopic (exact) mass is 522 g/mol. The van der Waals surface area contributed by atoms with E-state index in [1.165, 1.54) is 12.1 Å². The summed E-state index contributed by atoms with van der Waals surface area (Å²) in [4.78, 5) is 11.7. The van der Waals surface area contributed by atoms with Crippen LogP contribution in [0.1, 0.15) is 11.1 Å². The van der Waals surface area contributed by atoms with E-state index in [0.29, 0.717) is 0 Å². The molecule has 0 saturated carbocycles. The van der Waals surface area contributed by atoms with E-state index in [1.807, 2.05) is 0 Å². The van der Waals surface area contributed by atoms with Crippen LogP contribution in [0.3, 0.4) is 0 Å². The first-order valence-electron chi connectivity index (χ1n) is 9.42. The highest BCUT2D eigenvalue weighted by molar-refractivity contribution is 5.89. The fourth-order valence-corrected chi connectivity index (χ4v) is 3.43. The van der Waals surface area contributed by atoms with Crippen LogP contribution in [0.25, 0.3) is 33.6 Å². The molecule has 0 aromatic carbocycles. The van der Waals surface area contributed by atoms with Gasteiger partial charge in [-0.05, 0) is 0 Å². The number of pyridine rings is 4. The predicted octanol–water partition coefficient (Wildman–Crippen LogP) is 5.26. The summed E-state index contributed by atoms with van der Waals surface area (Å²) < 4.78 is 128. The average molecular weight is 522 g/mol. The maximum absolute atomic E-state index is 14.7. The third-order valence-corrected chi connectivity index (χ3v) is 4.83. The fraction of sp³-hybridized carbons (Fsp3) is 0. The van der Waals surface area contributed by atoms with Crippen molar-refractivity contribution in [3.8, 4) is 45.8 Å². The van der Waals surface area contributed by atoms with Crippen molar-refractivity contribution >= 4 is 0 Å². The number of aromatic nitrogens is 4. The third-order valence-electron chi connectivity index (χ3n) is 4.83. The van der Waals surface area contributed by atoms with E-state index in [1.54, 1.807) is 0 Å². The molecule has 0 N–H and O–H groups in total. The van der Waals surface area contributed by atoms with E-state index in [4.69, 9.17) is 0 Å². The number of nitrogens with zero attached hydrogens (tertiary/aromatic N) is 6. The summed E-state index contributed by atoms with van der Waals surface area (Å²) in [6, 6.07) is 2.68. The molecule has 184 valence electrons. The van der Waals surface area contributed by atoms with Crippen molar-refractivity contribution in [3.63, 3.8) is 0 Å². The zero-order valence-corrected chi connectivity index (χ0v) is 17.3. The highest BCUT2D eigenvalue weighted by Gasteiger charge is 2.32. The summed E-state index contributed by atoms with van der Waals surface area (Å²) in [6.45, 7) is 0. The quantitative estimate of drug-likeness (QED) is 0.269. The van der Waals surface area contributed by atoms with Crippen LogP contribution in [0, 0.1) is 75.8 Å². The smallest absolute Gasteiger partial charge is 0.228 e. The van der Waals surface area contributed by atoms with Crippen molar-refractivity contribution in [3.05, 3.63) is 82.5 Å². The minimum Gasteiger partial charge on any atom is -0.244 e. The largest absolute Gasteiger partial charge is 0.244 e.